The molecule has 21 heavy (non-hydrogen) atoms. The highest BCUT2D eigenvalue weighted by Gasteiger charge is 2.17. The third-order valence-corrected chi connectivity index (χ3v) is 3.49. The van der Waals surface area contributed by atoms with Crippen LogP contribution in [0.5, 0.6) is 0 Å². The maximum atomic E-state index is 12.0. The molecule has 1 aliphatic heterocycles. The summed E-state index contributed by atoms with van der Waals surface area (Å²) in [6.45, 7) is 3.30. The van der Waals surface area contributed by atoms with Crippen molar-refractivity contribution in [1.29, 1.82) is 0 Å². The molecule has 1 aromatic rings. The molecule has 1 amide bonds. The quantitative estimate of drug-likeness (QED) is 0.849. The van der Waals surface area contributed by atoms with Crippen molar-refractivity contribution < 1.29 is 9.53 Å². The Morgan fingerprint density at radius 2 is 2.43 bits per heavy atom. The Hall–Kier alpha value is -0.920. The van der Waals surface area contributed by atoms with Crippen molar-refractivity contribution in [1.82, 2.24) is 15.2 Å². The fourth-order valence-electron chi connectivity index (χ4n) is 2.07. The van der Waals surface area contributed by atoms with E-state index in [0.29, 0.717) is 29.0 Å². The molecule has 1 fully saturated rings. The van der Waals surface area contributed by atoms with E-state index in [1.54, 1.807) is 0 Å². The maximum Gasteiger partial charge on any atom is 0.239 e. The molecule has 0 aliphatic carbocycles. The number of nitrogens with one attached hydrogen (secondary N) is 2. The van der Waals surface area contributed by atoms with Gasteiger partial charge in [0.1, 0.15) is 0 Å². The highest BCUT2D eigenvalue weighted by Crippen LogP contribution is 2.22. The zero-order chi connectivity index (χ0) is 15.2. The van der Waals surface area contributed by atoms with Crippen LogP contribution in [0.1, 0.15) is 0 Å². The van der Waals surface area contributed by atoms with E-state index >= 15 is 0 Å². The number of halogens is 2. The summed E-state index contributed by atoms with van der Waals surface area (Å²) in [7, 11) is 1.87. The van der Waals surface area contributed by atoms with E-state index in [1.807, 2.05) is 11.9 Å². The monoisotopic (exact) mass is 332 g/mol. The largest absolute Gasteiger partial charge is 0.374 e. The van der Waals surface area contributed by atoms with E-state index in [4.69, 9.17) is 27.9 Å². The molecule has 1 unspecified atom stereocenters. The fraction of sp³-hybridized carbons (Fsp3) is 0.538. The lowest BCUT2D eigenvalue weighted by molar-refractivity contribution is -0.117. The summed E-state index contributed by atoms with van der Waals surface area (Å²) in [6.07, 6.45) is 1.54. The number of carbonyl (C=O) groups is 1. The molecule has 2 rings (SSSR count). The van der Waals surface area contributed by atoms with Gasteiger partial charge >= 0.3 is 0 Å². The second-order valence-electron chi connectivity index (χ2n) is 4.93. The number of aromatic nitrogens is 1. The molecule has 6 nitrogen and oxygen atoms in total. The molecule has 2 heterocycles. The van der Waals surface area contributed by atoms with E-state index in [0.717, 1.165) is 13.1 Å². The first-order chi connectivity index (χ1) is 10.0. The van der Waals surface area contributed by atoms with E-state index in [2.05, 4.69) is 15.6 Å². The minimum absolute atomic E-state index is 0.105. The molecular weight excluding hydrogens is 315 g/mol. The van der Waals surface area contributed by atoms with E-state index in [1.165, 1.54) is 12.3 Å². The predicted molar refractivity (Wildman–Crippen MR) is 83.0 cm³/mol. The number of carbonyl (C=O) groups excluding carboxylic acids is 1. The van der Waals surface area contributed by atoms with Crippen LogP contribution >= 0.6 is 23.2 Å². The first-order valence-electron chi connectivity index (χ1n) is 6.66. The van der Waals surface area contributed by atoms with Crippen molar-refractivity contribution in [2.24, 2.45) is 0 Å². The smallest absolute Gasteiger partial charge is 0.239 e. The third-order valence-electron chi connectivity index (χ3n) is 3.00. The predicted octanol–water partition coefficient (Wildman–Crippen LogP) is 1.25. The van der Waals surface area contributed by atoms with Crippen molar-refractivity contribution in [3.8, 4) is 0 Å². The first kappa shape index (κ1) is 16.5. The van der Waals surface area contributed by atoms with Crippen molar-refractivity contribution in [3.63, 3.8) is 0 Å². The van der Waals surface area contributed by atoms with Crippen LogP contribution in [-0.2, 0) is 9.53 Å². The Bertz CT molecular complexity index is 495. The molecule has 0 saturated carbocycles. The van der Waals surface area contributed by atoms with Crippen LogP contribution in [0.25, 0.3) is 0 Å². The molecule has 0 bridgehead atoms. The van der Waals surface area contributed by atoms with Crippen LogP contribution in [0.2, 0.25) is 10.0 Å². The Morgan fingerprint density at radius 3 is 3.10 bits per heavy atom. The number of likely N-dealkylation sites (N-methyl/N-ethyl adjacent to an activating group) is 1. The highest BCUT2D eigenvalue weighted by molar-refractivity contribution is 6.36. The van der Waals surface area contributed by atoms with Gasteiger partial charge in [0, 0.05) is 25.8 Å². The average molecular weight is 333 g/mol. The number of hydrogen-bond acceptors (Lipinski definition) is 5. The van der Waals surface area contributed by atoms with Crippen molar-refractivity contribution >= 4 is 34.9 Å². The molecule has 1 aromatic heterocycles. The molecule has 116 valence electrons. The lowest BCUT2D eigenvalue weighted by atomic mass is 10.3. The lowest BCUT2D eigenvalue weighted by Gasteiger charge is -2.27. The van der Waals surface area contributed by atoms with Gasteiger partial charge < -0.3 is 15.4 Å². The van der Waals surface area contributed by atoms with Gasteiger partial charge in [-0.15, -0.1) is 0 Å². The van der Waals surface area contributed by atoms with Gasteiger partial charge in [-0.25, -0.2) is 4.98 Å². The second kappa shape index (κ2) is 7.91. The number of nitrogens with zero attached hydrogens (tertiary/aromatic N) is 2. The van der Waals surface area contributed by atoms with Gasteiger partial charge in [-0.05, 0) is 13.1 Å². The Morgan fingerprint density at radius 1 is 1.62 bits per heavy atom. The summed E-state index contributed by atoms with van der Waals surface area (Å²) in [4.78, 5) is 17.9. The molecule has 0 spiro atoms. The van der Waals surface area contributed by atoms with Crippen molar-refractivity contribution in [2.75, 3.05) is 45.2 Å². The number of pyridine rings is 1. The second-order valence-corrected chi connectivity index (χ2v) is 5.77. The van der Waals surface area contributed by atoms with Crippen LogP contribution in [0, 0.1) is 0 Å². The van der Waals surface area contributed by atoms with Gasteiger partial charge in [-0.3, -0.25) is 9.69 Å². The van der Waals surface area contributed by atoms with Crippen LogP contribution in [-0.4, -0.2) is 61.7 Å². The minimum atomic E-state index is -0.182. The minimum Gasteiger partial charge on any atom is -0.374 e. The van der Waals surface area contributed by atoms with Crippen LogP contribution in [0.3, 0.4) is 0 Å². The van der Waals surface area contributed by atoms with Gasteiger partial charge in [0.15, 0.2) is 5.82 Å². The standard InChI is InChI=1S/C13H18Cl2N4O2/c1-19(7-10-6-16-2-3-21-10)8-12(20)18-13-11(15)4-9(14)5-17-13/h4-5,10,16H,2-3,6-8H2,1H3,(H,17,18,20). The topological polar surface area (TPSA) is 66.5 Å². The molecule has 1 aliphatic rings. The molecule has 8 heteroatoms. The van der Waals surface area contributed by atoms with Gasteiger partial charge in [-0.2, -0.15) is 0 Å². The maximum absolute atomic E-state index is 12.0. The third kappa shape index (κ3) is 5.41. The summed E-state index contributed by atoms with van der Waals surface area (Å²) >= 11 is 11.7. The summed E-state index contributed by atoms with van der Waals surface area (Å²) < 4.78 is 5.60. The van der Waals surface area contributed by atoms with Gasteiger partial charge in [0.2, 0.25) is 5.91 Å². The van der Waals surface area contributed by atoms with Crippen molar-refractivity contribution in [3.05, 3.63) is 22.3 Å². The Kier molecular flexibility index (Phi) is 6.20. The number of rotatable bonds is 5. The summed E-state index contributed by atoms with van der Waals surface area (Å²) in [5.41, 5.74) is 0. The van der Waals surface area contributed by atoms with Crippen LogP contribution in [0.15, 0.2) is 12.3 Å². The number of hydrogen-bond donors (Lipinski definition) is 2. The zero-order valence-corrected chi connectivity index (χ0v) is 13.2. The van der Waals surface area contributed by atoms with Crippen LogP contribution in [0.4, 0.5) is 5.82 Å². The van der Waals surface area contributed by atoms with Gasteiger partial charge in [0.25, 0.3) is 0 Å². The molecule has 2 N–H and O–H groups in total. The lowest BCUT2D eigenvalue weighted by Crippen LogP contribution is -2.45. The zero-order valence-electron chi connectivity index (χ0n) is 11.7. The molecule has 0 radical (unpaired) electrons. The molecule has 1 atom stereocenters. The van der Waals surface area contributed by atoms with Crippen LogP contribution < -0.4 is 10.6 Å². The van der Waals surface area contributed by atoms with E-state index in [-0.39, 0.29) is 18.6 Å². The molecular formula is C13H18Cl2N4O2. The summed E-state index contributed by atoms with van der Waals surface area (Å²) in [5.74, 6) is 0.132. The average Bonchev–Trinajstić information content (AvgIpc) is 2.43. The van der Waals surface area contributed by atoms with Gasteiger partial charge in [0.05, 0.1) is 29.3 Å². The van der Waals surface area contributed by atoms with Crippen molar-refractivity contribution in [2.45, 2.75) is 6.10 Å². The van der Waals surface area contributed by atoms with E-state index < -0.39 is 0 Å². The molecule has 0 aromatic carbocycles. The number of ether oxygens (including phenoxy) is 1. The first-order valence-corrected chi connectivity index (χ1v) is 7.42. The SMILES string of the molecule is CN(CC(=O)Nc1ncc(Cl)cc1Cl)CC1CNCCO1. The number of morpholine rings is 1. The van der Waals surface area contributed by atoms with E-state index in [9.17, 15) is 4.79 Å². The Balaban J connectivity index is 1.80. The number of amides is 1. The summed E-state index contributed by atoms with van der Waals surface area (Å²) in [5, 5.41) is 6.67. The Labute approximate surface area is 133 Å². The highest BCUT2D eigenvalue weighted by atomic mass is 35.5. The fourth-order valence-corrected chi connectivity index (χ4v) is 2.50. The van der Waals surface area contributed by atoms with Gasteiger partial charge in [-0.1, -0.05) is 23.2 Å². The number of anilines is 1. The molecule has 1 saturated heterocycles. The normalized spacial score (nSPS) is 18.8. The summed E-state index contributed by atoms with van der Waals surface area (Å²) in [6, 6.07) is 1.54.